The predicted molar refractivity (Wildman–Crippen MR) is 132 cm³/mol. The highest BCUT2D eigenvalue weighted by molar-refractivity contribution is 7.86. The average molecular weight is 500 g/mol. The van der Waals surface area contributed by atoms with Crippen molar-refractivity contribution in [2.75, 3.05) is 0 Å². The molecule has 0 amide bonds. The summed E-state index contributed by atoms with van der Waals surface area (Å²) in [4.78, 5) is 4.76. The first-order valence-corrected chi connectivity index (χ1v) is 13.4. The molecule has 0 bridgehead atoms. The van der Waals surface area contributed by atoms with Gasteiger partial charge in [-0.05, 0) is 77.6 Å². The van der Waals surface area contributed by atoms with Gasteiger partial charge in [-0.25, -0.2) is 9.17 Å². The van der Waals surface area contributed by atoms with Crippen LogP contribution >= 0.6 is 0 Å². The molecule has 1 aliphatic rings. The first-order chi connectivity index (χ1) is 16.7. The highest BCUT2D eigenvalue weighted by atomic mass is 32.2. The largest absolute Gasteiger partial charge is 0.441 e. The van der Waals surface area contributed by atoms with Crippen LogP contribution in [0.4, 0.5) is 0 Å². The van der Waals surface area contributed by atoms with Crippen molar-refractivity contribution in [2.24, 2.45) is 0 Å². The van der Waals surface area contributed by atoms with Crippen molar-refractivity contribution < 1.29 is 26.5 Å². The number of ether oxygens (including phenoxy) is 2. The van der Waals surface area contributed by atoms with Crippen molar-refractivity contribution in [1.82, 2.24) is 4.98 Å². The zero-order chi connectivity index (χ0) is 25.0. The lowest BCUT2D eigenvalue weighted by molar-refractivity contribution is -0.133. The molecule has 0 radical (unpaired) electrons. The number of oxazole rings is 1. The van der Waals surface area contributed by atoms with Crippen LogP contribution in [0.2, 0.25) is 0 Å². The Bertz CT molecular complexity index is 1230. The molecular weight excluding hydrogens is 466 g/mol. The molecule has 1 aliphatic carbocycles. The fourth-order valence-electron chi connectivity index (χ4n) is 4.27. The Labute approximate surface area is 207 Å². The molecule has 3 unspecified atom stereocenters. The molecule has 3 aromatic rings. The van der Waals surface area contributed by atoms with Crippen molar-refractivity contribution in [3.63, 3.8) is 0 Å². The minimum Gasteiger partial charge on any atom is -0.441 e. The Morgan fingerprint density at radius 3 is 2.51 bits per heavy atom. The van der Waals surface area contributed by atoms with E-state index in [0.29, 0.717) is 18.9 Å². The van der Waals surface area contributed by atoms with Crippen LogP contribution in [-0.2, 0) is 30.4 Å². The topological polar surface area (TPSA) is 87.9 Å². The fraction of sp³-hybridized carbons (Fsp3) is 0.444. The number of aromatic nitrogens is 1. The van der Waals surface area contributed by atoms with Crippen LogP contribution in [-0.4, -0.2) is 31.9 Å². The third kappa shape index (κ3) is 6.79. The van der Waals surface area contributed by atoms with Gasteiger partial charge in [0, 0.05) is 5.56 Å². The van der Waals surface area contributed by atoms with Crippen molar-refractivity contribution in [3.05, 3.63) is 71.1 Å². The highest BCUT2D eigenvalue weighted by Crippen LogP contribution is 2.28. The quantitative estimate of drug-likeness (QED) is 0.269. The van der Waals surface area contributed by atoms with Crippen LogP contribution in [0.15, 0.2) is 57.8 Å². The molecule has 2 aromatic carbocycles. The summed E-state index contributed by atoms with van der Waals surface area (Å²) in [6.07, 6.45) is 2.31. The van der Waals surface area contributed by atoms with Crippen LogP contribution < -0.4 is 0 Å². The van der Waals surface area contributed by atoms with Gasteiger partial charge in [0.25, 0.3) is 10.1 Å². The maximum absolute atomic E-state index is 12.5. The number of hydrogen-bond acceptors (Lipinski definition) is 7. The van der Waals surface area contributed by atoms with E-state index in [9.17, 15) is 8.42 Å². The van der Waals surface area contributed by atoms with Gasteiger partial charge in [-0.1, -0.05) is 35.4 Å². The summed E-state index contributed by atoms with van der Waals surface area (Å²) >= 11 is 0. The SMILES string of the molecule is Cc1ccc(S(=O)(=O)OC(C)OC2CCCC(OCc3nc(-c4cccc(C)c4)oc3C)C2)cc1. The third-order valence-corrected chi connectivity index (χ3v) is 7.52. The molecule has 0 N–H and O–H groups in total. The van der Waals surface area contributed by atoms with Gasteiger partial charge in [-0.15, -0.1) is 0 Å². The van der Waals surface area contributed by atoms with Crippen molar-refractivity contribution in [2.45, 2.75) is 83.4 Å². The van der Waals surface area contributed by atoms with E-state index in [4.69, 9.17) is 18.1 Å². The van der Waals surface area contributed by atoms with Crippen molar-refractivity contribution in [1.29, 1.82) is 0 Å². The third-order valence-electron chi connectivity index (χ3n) is 6.15. The van der Waals surface area contributed by atoms with E-state index in [2.05, 4.69) is 4.98 Å². The molecule has 1 saturated carbocycles. The first-order valence-electron chi connectivity index (χ1n) is 12.0. The van der Waals surface area contributed by atoms with E-state index in [-0.39, 0.29) is 17.1 Å². The van der Waals surface area contributed by atoms with Crippen molar-refractivity contribution >= 4 is 10.1 Å². The standard InChI is InChI=1S/C27H33NO6S/c1-18-11-13-25(14-12-18)35(29,30)34-21(4)33-24-10-6-9-23(16-24)31-17-26-20(3)32-27(28-26)22-8-5-7-19(2)15-22/h5,7-8,11-15,21,23-24H,6,9-10,16-17H2,1-4H3. The minimum absolute atomic E-state index is 0.00632. The Hall–Kier alpha value is -2.52. The average Bonchev–Trinajstić information content (AvgIpc) is 3.18. The maximum atomic E-state index is 12.5. The lowest BCUT2D eigenvalue weighted by Crippen LogP contribution is -2.32. The summed E-state index contributed by atoms with van der Waals surface area (Å²) in [5, 5.41) is 0. The van der Waals surface area contributed by atoms with Gasteiger partial charge >= 0.3 is 0 Å². The summed E-state index contributed by atoms with van der Waals surface area (Å²) in [5.74, 6) is 1.34. The van der Waals surface area contributed by atoms with Gasteiger partial charge in [-0.3, -0.25) is 0 Å². The molecule has 0 aliphatic heterocycles. The number of aryl methyl sites for hydroxylation is 3. The highest BCUT2D eigenvalue weighted by Gasteiger charge is 2.28. The van der Waals surface area contributed by atoms with Crippen LogP contribution in [0.25, 0.3) is 11.5 Å². The smallest absolute Gasteiger partial charge is 0.299 e. The maximum Gasteiger partial charge on any atom is 0.299 e. The second-order valence-electron chi connectivity index (χ2n) is 9.18. The Morgan fingerprint density at radius 2 is 1.77 bits per heavy atom. The fourth-order valence-corrected chi connectivity index (χ4v) is 5.25. The number of hydrogen-bond donors (Lipinski definition) is 0. The normalized spacial score (nSPS) is 19.5. The molecule has 35 heavy (non-hydrogen) atoms. The van der Waals surface area contributed by atoms with E-state index in [1.165, 1.54) is 12.1 Å². The molecule has 1 heterocycles. The van der Waals surface area contributed by atoms with E-state index in [1.807, 2.05) is 45.0 Å². The van der Waals surface area contributed by atoms with Gasteiger partial charge in [0.2, 0.25) is 5.89 Å². The molecule has 3 atom stereocenters. The van der Waals surface area contributed by atoms with Crippen LogP contribution in [0.3, 0.4) is 0 Å². The monoisotopic (exact) mass is 499 g/mol. The first kappa shape index (κ1) is 25.6. The summed E-state index contributed by atoms with van der Waals surface area (Å²) in [5.41, 5.74) is 3.86. The van der Waals surface area contributed by atoms with Gasteiger partial charge in [0.05, 0.1) is 23.7 Å². The molecule has 188 valence electrons. The van der Waals surface area contributed by atoms with Gasteiger partial charge in [0.15, 0.2) is 6.29 Å². The predicted octanol–water partition coefficient (Wildman–Crippen LogP) is 5.86. The number of rotatable bonds is 9. The molecule has 0 saturated heterocycles. The molecule has 1 fully saturated rings. The number of nitrogens with zero attached hydrogens (tertiary/aromatic N) is 1. The lowest BCUT2D eigenvalue weighted by Gasteiger charge is -2.30. The minimum atomic E-state index is -3.89. The number of benzene rings is 2. The van der Waals surface area contributed by atoms with Crippen molar-refractivity contribution in [3.8, 4) is 11.5 Å². The van der Waals surface area contributed by atoms with E-state index in [0.717, 1.165) is 47.4 Å². The summed E-state index contributed by atoms with van der Waals surface area (Å²) in [7, 11) is -3.89. The van der Waals surface area contributed by atoms with E-state index >= 15 is 0 Å². The van der Waals surface area contributed by atoms with Gasteiger partial charge in [-0.2, -0.15) is 8.42 Å². The zero-order valence-corrected chi connectivity index (χ0v) is 21.5. The molecule has 7 nitrogen and oxygen atoms in total. The summed E-state index contributed by atoms with van der Waals surface area (Å²) < 4.78 is 48.3. The Morgan fingerprint density at radius 1 is 1.03 bits per heavy atom. The van der Waals surface area contributed by atoms with Crippen LogP contribution in [0.5, 0.6) is 0 Å². The molecule has 4 rings (SSSR count). The second kappa shape index (κ2) is 11.0. The molecule has 1 aromatic heterocycles. The van der Waals surface area contributed by atoms with Crippen LogP contribution in [0, 0.1) is 20.8 Å². The van der Waals surface area contributed by atoms with Gasteiger partial charge < -0.3 is 13.9 Å². The van der Waals surface area contributed by atoms with E-state index < -0.39 is 16.4 Å². The van der Waals surface area contributed by atoms with E-state index in [1.54, 1.807) is 19.1 Å². The van der Waals surface area contributed by atoms with Gasteiger partial charge in [0.1, 0.15) is 11.5 Å². The van der Waals surface area contributed by atoms with Crippen LogP contribution in [0.1, 0.15) is 55.2 Å². The molecular formula is C27H33NO6S. The molecule has 8 heteroatoms. The Kier molecular flexibility index (Phi) is 8.06. The summed E-state index contributed by atoms with van der Waals surface area (Å²) in [6.45, 7) is 7.80. The Balaban J connectivity index is 1.30. The zero-order valence-electron chi connectivity index (χ0n) is 20.7. The summed E-state index contributed by atoms with van der Waals surface area (Å²) in [6, 6.07) is 14.6. The molecule has 0 spiro atoms. The lowest BCUT2D eigenvalue weighted by atomic mass is 9.95. The second-order valence-corrected chi connectivity index (χ2v) is 10.8.